The number of rotatable bonds is 4. The zero-order valence-corrected chi connectivity index (χ0v) is 11.3. The molecule has 0 aromatic heterocycles. The van der Waals surface area contributed by atoms with E-state index < -0.39 is 15.0 Å². The summed E-state index contributed by atoms with van der Waals surface area (Å²) in [6.45, 7) is 4.40. The summed E-state index contributed by atoms with van der Waals surface area (Å²) in [5, 5.41) is 0. The van der Waals surface area contributed by atoms with Crippen LogP contribution in [0.25, 0.3) is 0 Å². The zero-order valence-electron chi connectivity index (χ0n) is 6.08. The Bertz CT molecular complexity index is 67.5. The van der Waals surface area contributed by atoms with Crippen LogP contribution in [0.5, 0.6) is 0 Å². The molecule has 0 spiro atoms. The van der Waals surface area contributed by atoms with Crippen molar-refractivity contribution in [1.29, 1.82) is 0 Å². The van der Waals surface area contributed by atoms with Crippen molar-refractivity contribution in [2.24, 2.45) is 0 Å². The molecule has 0 aromatic rings. The fourth-order valence-corrected chi connectivity index (χ4v) is 13.6. The van der Waals surface area contributed by atoms with E-state index in [1.54, 1.807) is 0 Å². The quantitative estimate of drug-likeness (QED) is 0.690. The second-order valence-corrected chi connectivity index (χ2v) is 28.2. The fourth-order valence-electron chi connectivity index (χ4n) is 0.857. The first-order chi connectivity index (χ1) is 4.12. The van der Waals surface area contributed by atoms with Gasteiger partial charge in [-0.2, -0.15) is 0 Å². The van der Waals surface area contributed by atoms with E-state index in [1.165, 1.54) is 21.7 Å². The van der Waals surface area contributed by atoms with Crippen molar-refractivity contribution < 1.29 is 0 Å². The van der Waals surface area contributed by atoms with Crippen LogP contribution in [-0.2, 0) is 0 Å². The van der Waals surface area contributed by atoms with Crippen molar-refractivity contribution in [3.63, 3.8) is 0 Å². The van der Waals surface area contributed by atoms with Gasteiger partial charge in [-0.3, -0.25) is 0 Å². The average Bonchev–Trinajstić information content (AvgIpc) is 1.64. The van der Waals surface area contributed by atoms with Crippen molar-refractivity contribution >= 4 is 36.7 Å². The zero-order chi connectivity index (χ0) is 7.33. The molecule has 0 saturated heterocycles. The van der Waals surface area contributed by atoms with E-state index >= 15 is 0 Å². The Balaban J connectivity index is 3.43. The third-order valence-corrected chi connectivity index (χ3v) is 16.1. The van der Waals surface area contributed by atoms with E-state index in [0.29, 0.717) is 0 Å². The summed E-state index contributed by atoms with van der Waals surface area (Å²) in [6, 6.07) is 0. The van der Waals surface area contributed by atoms with Gasteiger partial charge in [0.25, 0.3) is 0 Å². The summed E-state index contributed by atoms with van der Waals surface area (Å²) in [7, 11) is 6.26. The number of halogens is 2. The molecule has 0 heterocycles. The Morgan fingerprint density at radius 3 is 1.78 bits per heavy atom. The van der Waals surface area contributed by atoms with Crippen molar-refractivity contribution in [2.45, 2.75) is 35.6 Å². The Morgan fingerprint density at radius 2 is 1.56 bits per heavy atom. The van der Waals surface area contributed by atoms with Gasteiger partial charge >= 0.3 is 72.2 Å². The van der Waals surface area contributed by atoms with Gasteiger partial charge in [-0.15, -0.1) is 0 Å². The molecule has 0 saturated carbocycles. The van der Waals surface area contributed by atoms with Crippen LogP contribution in [0.1, 0.15) is 26.7 Å². The molecule has 3 heteroatoms. The standard InChI is InChI=1S/2C3H7.BrH.ClH.Sn/c2*1-3-2;;;/h2*1,3H2,2H3;2*1H;/q;;;;+2/p-2. The summed E-state index contributed by atoms with van der Waals surface area (Å²) < 4.78 is 2.54. The summed E-state index contributed by atoms with van der Waals surface area (Å²) in [4.78, 5) is 0. The first-order valence-corrected chi connectivity index (χ1v) is 17.5. The third-order valence-electron chi connectivity index (χ3n) is 1.23. The van der Waals surface area contributed by atoms with Gasteiger partial charge in [-0.25, -0.2) is 0 Å². The maximum atomic E-state index is 6.26. The third kappa shape index (κ3) is 5.99. The molecule has 0 amide bonds. The van der Waals surface area contributed by atoms with E-state index in [2.05, 4.69) is 26.6 Å². The normalized spacial score (nSPS) is 12.0. The van der Waals surface area contributed by atoms with Crippen molar-refractivity contribution in [1.82, 2.24) is 0 Å². The Kier molecular flexibility index (Phi) is 6.16. The van der Waals surface area contributed by atoms with Crippen LogP contribution in [0.3, 0.4) is 0 Å². The van der Waals surface area contributed by atoms with Gasteiger partial charge in [0.05, 0.1) is 0 Å². The van der Waals surface area contributed by atoms with E-state index in [9.17, 15) is 0 Å². The van der Waals surface area contributed by atoms with Crippen LogP contribution in [-0.4, -0.2) is 15.0 Å². The van der Waals surface area contributed by atoms with Crippen LogP contribution in [0.15, 0.2) is 0 Å². The van der Waals surface area contributed by atoms with Crippen LogP contribution in [0.4, 0.5) is 0 Å². The molecule has 0 nitrogen and oxygen atoms in total. The van der Waals surface area contributed by atoms with Gasteiger partial charge in [0.2, 0.25) is 0 Å². The topological polar surface area (TPSA) is 0 Å². The monoisotopic (exact) mass is 320 g/mol. The van der Waals surface area contributed by atoms with E-state index in [1.807, 2.05) is 0 Å². The minimum absolute atomic E-state index is 1.24. The molecule has 0 atom stereocenters. The van der Waals surface area contributed by atoms with Gasteiger partial charge in [0.1, 0.15) is 0 Å². The van der Waals surface area contributed by atoms with Crippen molar-refractivity contribution in [3.05, 3.63) is 0 Å². The van der Waals surface area contributed by atoms with Gasteiger partial charge in [0.15, 0.2) is 0 Å². The van der Waals surface area contributed by atoms with Gasteiger partial charge in [-0.1, -0.05) is 0 Å². The molecule has 56 valence electrons. The van der Waals surface area contributed by atoms with E-state index in [-0.39, 0.29) is 0 Å². The molecule has 0 rings (SSSR count). The van der Waals surface area contributed by atoms with E-state index in [4.69, 9.17) is 8.92 Å². The van der Waals surface area contributed by atoms with Crippen LogP contribution in [0, 0.1) is 0 Å². The second kappa shape index (κ2) is 5.25. The van der Waals surface area contributed by atoms with E-state index in [0.717, 1.165) is 0 Å². The van der Waals surface area contributed by atoms with Crippen LogP contribution < -0.4 is 0 Å². The molecule has 0 bridgehead atoms. The molecular formula is C6H14BrClSn. The van der Waals surface area contributed by atoms with Crippen LogP contribution in [0.2, 0.25) is 8.87 Å². The number of hydrogen-bond donors (Lipinski definition) is 0. The molecular weight excluding hydrogens is 306 g/mol. The Hall–Kier alpha value is 1.57. The molecule has 0 aromatic carbocycles. The second-order valence-electron chi connectivity index (χ2n) is 2.36. The van der Waals surface area contributed by atoms with Gasteiger partial charge in [0, 0.05) is 0 Å². The fraction of sp³-hybridized carbons (Fsp3) is 1.00. The van der Waals surface area contributed by atoms with Gasteiger partial charge in [-0.05, 0) is 0 Å². The summed E-state index contributed by atoms with van der Waals surface area (Å²) >= 11 is 1.59. The first kappa shape index (κ1) is 10.6. The maximum absolute atomic E-state index is 6.26. The summed E-state index contributed by atoms with van der Waals surface area (Å²) in [5.74, 6) is 0. The van der Waals surface area contributed by atoms with Crippen molar-refractivity contribution in [3.8, 4) is 0 Å². The molecule has 0 radical (unpaired) electrons. The number of hydrogen-bond acceptors (Lipinski definition) is 0. The predicted molar refractivity (Wildman–Crippen MR) is 50.7 cm³/mol. The minimum atomic E-state index is -2.09. The molecule has 0 fully saturated rings. The summed E-state index contributed by atoms with van der Waals surface area (Å²) in [6.07, 6.45) is 2.48. The van der Waals surface area contributed by atoms with Crippen molar-refractivity contribution in [2.75, 3.05) is 0 Å². The molecule has 0 unspecified atom stereocenters. The average molecular weight is 320 g/mol. The predicted octanol–water partition coefficient (Wildman–Crippen LogP) is 3.88. The molecule has 0 N–H and O–H groups in total. The Labute approximate surface area is 71.7 Å². The van der Waals surface area contributed by atoms with Crippen LogP contribution >= 0.6 is 21.6 Å². The Morgan fingerprint density at radius 1 is 1.22 bits per heavy atom. The first-order valence-electron chi connectivity index (χ1n) is 3.50. The molecule has 0 aliphatic heterocycles. The molecule has 0 aliphatic carbocycles. The molecule has 9 heavy (non-hydrogen) atoms. The SMILES string of the molecule is CC[CH2][Sn]([Cl])([Br])[CH2]CC. The van der Waals surface area contributed by atoms with Gasteiger partial charge < -0.3 is 0 Å². The summed E-state index contributed by atoms with van der Waals surface area (Å²) in [5.41, 5.74) is 0. The molecule has 0 aliphatic rings.